The fourth-order valence-electron chi connectivity index (χ4n) is 2.59. The lowest BCUT2D eigenvalue weighted by Crippen LogP contribution is -2.53. The van der Waals surface area contributed by atoms with Gasteiger partial charge in [-0.25, -0.2) is 9.52 Å². The van der Waals surface area contributed by atoms with E-state index in [1.165, 1.54) is 4.31 Å². The lowest BCUT2D eigenvalue weighted by atomic mass is 10.2. The van der Waals surface area contributed by atoms with Crippen LogP contribution in [0.15, 0.2) is 30.3 Å². The van der Waals surface area contributed by atoms with Crippen molar-refractivity contribution in [1.82, 2.24) is 13.9 Å². The molecular weight excluding hydrogens is 342 g/mol. The number of hydrogen-bond acceptors (Lipinski definition) is 4. The highest BCUT2D eigenvalue weighted by atomic mass is 32.2. The van der Waals surface area contributed by atoms with Crippen LogP contribution in [-0.2, 0) is 21.6 Å². The van der Waals surface area contributed by atoms with Crippen molar-refractivity contribution in [2.75, 3.05) is 32.7 Å². The number of nitrogens with zero attached hydrogens (tertiary/aromatic N) is 2. The van der Waals surface area contributed by atoms with Gasteiger partial charge in [-0.1, -0.05) is 50.1 Å². The normalized spacial score (nSPS) is 16.0. The monoisotopic (exact) mass is 369 g/mol. The summed E-state index contributed by atoms with van der Waals surface area (Å²) in [6, 6.07) is 9.46. The van der Waals surface area contributed by atoms with Crippen LogP contribution in [0.4, 0.5) is 4.79 Å². The zero-order valence-corrected chi connectivity index (χ0v) is 15.5. The number of carbonyl (C=O) groups is 1. The first-order valence-electron chi connectivity index (χ1n) is 8.73. The van der Waals surface area contributed by atoms with E-state index in [1.54, 1.807) is 4.90 Å². The minimum Gasteiger partial charge on any atom is -0.445 e. The number of unbranched alkanes of at least 4 members (excludes halogenated alkanes) is 2. The third kappa shape index (κ3) is 6.30. The lowest BCUT2D eigenvalue weighted by Gasteiger charge is -2.33. The number of benzene rings is 1. The first-order valence-corrected chi connectivity index (χ1v) is 10.2. The second kappa shape index (κ2) is 9.74. The molecule has 0 unspecified atom stereocenters. The highest BCUT2D eigenvalue weighted by Crippen LogP contribution is 2.09. The minimum absolute atomic E-state index is 0.219. The van der Waals surface area contributed by atoms with Crippen molar-refractivity contribution < 1.29 is 17.9 Å². The van der Waals surface area contributed by atoms with Crippen LogP contribution in [0.25, 0.3) is 0 Å². The fourth-order valence-corrected chi connectivity index (χ4v) is 3.82. The van der Waals surface area contributed by atoms with Gasteiger partial charge in [-0.2, -0.15) is 12.7 Å². The first-order chi connectivity index (χ1) is 12.0. The molecule has 0 aromatic heterocycles. The van der Waals surface area contributed by atoms with Gasteiger partial charge in [0.1, 0.15) is 6.61 Å². The molecule has 0 radical (unpaired) electrons. The minimum atomic E-state index is -3.46. The smallest absolute Gasteiger partial charge is 0.410 e. The van der Waals surface area contributed by atoms with E-state index in [2.05, 4.69) is 11.6 Å². The molecule has 0 atom stereocenters. The summed E-state index contributed by atoms with van der Waals surface area (Å²) in [5.74, 6) is 0. The maximum Gasteiger partial charge on any atom is 0.410 e. The van der Waals surface area contributed by atoms with Gasteiger partial charge in [0.15, 0.2) is 0 Å². The Morgan fingerprint density at radius 3 is 2.44 bits per heavy atom. The molecule has 140 valence electrons. The highest BCUT2D eigenvalue weighted by Gasteiger charge is 2.29. The Hall–Kier alpha value is -1.64. The van der Waals surface area contributed by atoms with Crippen LogP contribution in [0.1, 0.15) is 31.7 Å². The van der Waals surface area contributed by atoms with E-state index >= 15 is 0 Å². The Labute approximate surface area is 150 Å². The van der Waals surface area contributed by atoms with E-state index < -0.39 is 16.3 Å². The van der Waals surface area contributed by atoms with E-state index in [9.17, 15) is 13.2 Å². The van der Waals surface area contributed by atoms with Crippen LogP contribution < -0.4 is 4.72 Å². The van der Waals surface area contributed by atoms with Gasteiger partial charge in [0.05, 0.1) is 0 Å². The number of hydrogen-bond donors (Lipinski definition) is 1. The Balaban J connectivity index is 1.73. The molecule has 8 heteroatoms. The largest absolute Gasteiger partial charge is 0.445 e. The van der Waals surface area contributed by atoms with Crippen LogP contribution in [0, 0.1) is 0 Å². The van der Waals surface area contributed by atoms with Crippen molar-refractivity contribution in [1.29, 1.82) is 0 Å². The molecule has 25 heavy (non-hydrogen) atoms. The molecule has 1 aliphatic heterocycles. The Bertz CT molecular complexity index is 629. The lowest BCUT2D eigenvalue weighted by molar-refractivity contribution is 0.0836. The van der Waals surface area contributed by atoms with Gasteiger partial charge in [-0.15, -0.1) is 0 Å². The van der Waals surface area contributed by atoms with Gasteiger partial charge in [0.2, 0.25) is 0 Å². The molecule has 0 bridgehead atoms. The summed E-state index contributed by atoms with van der Waals surface area (Å²) in [5.41, 5.74) is 0.924. The third-order valence-corrected chi connectivity index (χ3v) is 5.72. The molecule has 7 nitrogen and oxygen atoms in total. The van der Waals surface area contributed by atoms with Gasteiger partial charge in [0.25, 0.3) is 10.2 Å². The maximum atomic E-state index is 12.2. The van der Waals surface area contributed by atoms with E-state index in [0.29, 0.717) is 19.6 Å². The standard InChI is InChI=1S/C17H27N3O4S/c1-2-3-7-10-18-25(22,23)20-13-11-19(12-14-20)17(21)24-15-16-8-5-4-6-9-16/h4-6,8-9,18H,2-3,7,10-15H2,1H3. The molecule has 0 spiro atoms. The average molecular weight is 369 g/mol. The van der Waals surface area contributed by atoms with Crippen LogP contribution >= 0.6 is 0 Å². The third-order valence-electron chi connectivity index (χ3n) is 4.11. The second-order valence-electron chi connectivity index (χ2n) is 6.03. The fraction of sp³-hybridized carbons (Fsp3) is 0.588. The van der Waals surface area contributed by atoms with Gasteiger partial charge in [-0.05, 0) is 12.0 Å². The number of amides is 1. The predicted octanol–water partition coefficient (Wildman–Crippen LogP) is 1.97. The van der Waals surface area contributed by atoms with Gasteiger partial charge in [0, 0.05) is 32.7 Å². The van der Waals surface area contributed by atoms with Crippen molar-refractivity contribution in [3.63, 3.8) is 0 Å². The van der Waals surface area contributed by atoms with E-state index in [0.717, 1.165) is 24.8 Å². The van der Waals surface area contributed by atoms with E-state index in [1.807, 2.05) is 30.3 Å². The molecule has 1 amide bonds. The summed E-state index contributed by atoms with van der Waals surface area (Å²) in [5, 5.41) is 0. The van der Waals surface area contributed by atoms with Crippen molar-refractivity contribution in [2.24, 2.45) is 0 Å². The van der Waals surface area contributed by atoms with Crippen molar-refractivity contribution >= 4 is 16.3 Å². The SMILES string of the molecule is CCCCCNS(=O)(=O)N1CCN(C(=O)OCc2ccccc2)CC1. The Morgan fingerprint density at radius 1 is 1.12 bits per heavy atom. The number of piperazine rings is 1. The quantitative estimate of drug-likeness (QED) is 0.711. The van der Waals surface area contributed by atoms with Crippen LogP contribution in [0.2, 0.25) is 0 Å². The van der Waals surface area contributed by atoms with Gasteiger partial charge >= 0.3 is 6.09 Å². The second-order valence-corrected chi connectivity index (χ2v) is 7.79. The van der Waals surface area contributed by atoms with E-state index in [-0.39, 0.29) is 19.7 Å². The highest BCUT2D eigenvalue weighted by molar-refractivity contribution is 7.87. The summed E-state index contributed by atoms with van der Waals surface area (Å²) in [7, 11) is -3.46. The summed E-state index contributed by atoms with van der Waals surface area (Å²) >= 11 is 0. The molecule has 2 rings (SSSR count). The molecular formula is C17H27N3O4S. The van der Waals surface area contributed by atoms with Crippen molar-refractivity contribution in [3.8, 4) is 0 Å². The van der Waals surface area contributed by atoms with Crippen LogP contribution in [0.3, 0.4) is 0 Å². The van der Waals surface area contributed by atoms with Gasteiger partial charge in [-0.3, -0.25) is 0 Å². The maximum absolute atomic E-state index is 12.2. The first kappa shape index (κ1) is 19.7. The van der Waals surface area contributed by atoms with Crippen LogP contribution in [0.5, 0.6) is 0 Å². The van der Waals surface area contributed by atoms with Crippen molar-refractivity contribution in [2.45, 2.75) is 32.8 Å². The molecule has 1 aliphatic rings. The van der Waals surface area contributed by atoms with Gasteiger partial charge < -0.3 is 9.64 Å². The molecule has 1 heterocycles. The zero-order valence-electron chi connectivity index (χ0n) is 14.7. The number of nitrogens with one attached hydrogen (secondary N) is 1. The van der Waals surface area contributed by atoms with Crippen LogP contribution in [-0.4, -0.2) is 56.4 Å². The number of rotatable bonds is 8. The topological polar surface area (TPSA) is 79.0 Å². The average Bonchev–Trinajstić information content (AvgIpc) is 2.64. The summed E-state index contributed by atoms with van der Waals surface area (Å²) in [6.07, 6.45) is 2.48. The molecule has 1 aromatic carbocycles. The van der Waals surface area contributed by atoms with Crippen molar-refractivity contribution in [3.05, 3.63) is 35.9 Å². The predicted molar refractivity (Wildman–Crippen MR) is 96.2 cm³/mol. The molecule has 1 aromatic rings. The molecule has 1 N–H and O–H groups in total. The zero-order chi connectivity index (χ0) is 18.1. The Morgan fingerprint density at radius 2 is 1.80 bits per heavy atom. The van der Waals surface area contributed by atoms with E-state index in [4.69, 9.17) is 4.74 Å². The molecule has 0 saturated carbocycles. The molecule has 1 fully saturated rings. The summed E-state index contributed by atoms with van der Waals surface area (Å²) < 4.78 is 33.7. The number of carbonyl (C=O) groups excluding carboxylic acids is 1. The molecule has 0 aliphatic carbocycles. The summed E-state index contributed by atoms with van der Waals surface area (Å²) in [4.78, 5) is 13.6. The Kier molecular flexibility index (Phi) is 7.67. The number of ether oxygens (including phenoxy) is 1. The summed E-state index contributed by atoms with van der Waals surface area (Å²) in [6.45, 7) is 3.98. The molecule has 1 saturated heterocycles.